The van der Waals surface area contributed by atoms with Crippen LogP contribution in [0.25, 0.3) is 0 Å². The van der Waals surface area contributed by atoms with Crippen LogP contribution in [0.3, 0.4) is 0 Å². The minimum atomic E-state index is -0.731. The Balaban J connectivity index is 2.31. The van der Waals surface area contributed by atoms with E-state index in [-0.39, 0.29) is 16.9 Å². The molecular formula is C17H25FN2O2. The van der Waals surface area contributed by atoms with Crippen LogP contribution in [0.1, 0.15) is 57.3 Å². The molecule has 1 aliphatic rings. The number of benzene rings is 1. The summed E-state index contributed by atoms with van der Waals surface area (Å²) < 4.78 is 14.1. The summed E-state index contributed by atoms with van der Waals surface area (Å²) in [4.78, 5) is 0. The number of amidine groups is 1. The molecule has 1 aromatic rings. The van der Waals surface area contributed by atoms with Crippen molar-refractivity contribution in [1.29, 1.82) is 5.41 Å². The number of nitrogens with one attached hydrogen (secondary N) is 2. The number of hydrogen-bond donors (Lipinski definition) is 4. The first-order valence-corrected chi connectivity index (χ1v) is 7.74. The van der Waals surface area contributed by atoms with Gasteiger partial charge >= 0.3 is 0 Å². The summed E-state index contributed by atoms with van der Waals surface area (Å²) in [6.07, 6.45) is 2.55. The topological polar surface area (TPSA) is 76.3 Å². The number of aliphatic hydroxyl groups excluding tert-OH is 1. The van der Waals surface area contributed by atoms with Crippen LogP contribution in [-0.2, 0) is 0 Å². The van der Waals surface area contributed by atoms with Crippen molar-refractivity contribution in [2.24, 2.45) is 17.3 Å². The fourth-order valence-electron chi connectivity index (χ4n) is 3.92. The molecule has 3 atom stereocenters. The van der Waals surface area contributed by atoms with Gasteiger partial charge in [0.2, 0.25) is 0 Å². The molecule has 0 saturated heterocycles. The van der Waals surface area contributed by atoms with Gasteiger partial charge in [-0.25, -0.2) is 4.39 Å². The maximum absolute atomic E-state index is 14.1. The van der Waals surface area contributed by atoms with Crippen molar-refractivity contribution in [3.63, 3.8) is 0 Å². The predicted octanol–water partition coefficient (Wildman–Crippen LogP) is 3.63. The normalized spacial score (nSPS) is 25.5. The van der Waals surface area contributed by atoms with Crippen molar-refractivity contribution in [3.05, 3.63) is 35.1 Å². The number of aliphatic hydroxyl groups is 1. The SMILES string of the molecule is C[C@H]1CCCC(C)(C)[C@@H]1C(O)c1ccc(C(=N)NO)c(F)c1. The fraction of sp³-hybridized carbons (Fsp3) is 0.588. The monoisotopic (exact) mass is 308 g/mol. The van der Waals surface area contributed by atoms with E-state index in [0.29, 0.717) is 11.5 Å². The minimum absolute atomic E-state index is 0.00555. The van der Waals surface area contributed by atoms with Crippen LogP contribution in [0, 0.1) is 28.5 Å². The molecule has 0 amide bonds. The molecule has 1 fully saturated rings. The first-order valence-electron chi connectivity index (χ1n) is 7.74. The van der Waals surface area contributed by atoms with Crippen LogP contribution < -0.4 is 5.48 Å². The molecule has 122 valence electrons. The lowest BCUT2D eigenvalue weighted by molar-refractivity contribution is -0.0294. The average molecular weight is 308 g/mol. The Labute approximate surface area is 130 Å². The van der Waals surface area contributed by atoms with Gasteiger partial charge in [-0.1, -0.05) is 39.7 Å². The zero-order valence-electron chi connectivity index (χ0n) is 13.4. The fourth-order valence-corrected chi connectivity index (χ4v) is 3.92. The van der Waals surface area contributed by atoms with Crippen molar-refractivity contribution < 1.29 is 14.7 Å². The molecule has 22 heavy (non-hydrogen) atoms. The number of hydrogen-bond acceptors (Lipinski definition) is 3. The molecule has 0 spiro atoms. The first-order chi connectivity index (χ1) is 10.3. The maximum Gasteiger partial charge on any atom is 0.152 e. The van der Waals surface area contributed by atoms with Crippen molar-refractivity contribution in [2.75, 3.05) is 0 Å². The highest BCUT2D eigenvalue weighted by Crippen LogP contribution is 2.49. The summed E-state index contributed by atoms with van der Waals surface area (Å²) >= 11 is 0. The van der Waals surface area contributed by atoms with E-state index in [4.69, 9.17) is 10.6 Å². The van der Waals surface area contributed by atoms with Crippen LogP contribution >= 0.6 is 0 Å². The largest absolute Gasteiger partial charge is 0.388 e. The highest BCUT2D eigenvalue weighted by molar-refractivity contribution is 5.95. The van der Waals surface area contributed by atoms with Gasteiger partial charge < -0.3 is 5.11 Å². The van der Waals surface area contributed by atoms with Gasteiger partial charge in [0.1, 0.15) is 5.82 Å². The van der Waals surface area contributed by atoms with Crippen LogP contribution in [0.5, 0.6) is 0 Å². The van der Waals surface area contributed by atoms with Gasteiger partial charge in [0.05, 0.1) is 11.7 Å². The van der Waals surface area contributed by atoms with Gasteiger partial charge in [0.25, 0.3) is 0 Å². The third-order valence-electron chi connectivity index (χ3n) is 5.05. The van der Waals surface area contributed by atoms with Crippen molar-refractivity contribution in [1.82, 2.24) is 5.48 Å². The highest BCUT2D eigenvalue weighted by atomic mass is 19.1. The second kappa shape index (κ2) is 6.34. The van der Waals surface area contributed by atoms with E-state index in [1.807, 2.05) is 0 Å². The van der Waals surface area contributed by atoms with Crippen molar-refractivity contribution in [3.8, 4) is 0 Å². The van der Waals surface area contributed by atoms with E-state index in [0.717, 1.165) is 19.3 Å². The Bertz CT molecular complexity index is 560. The Kier molecular flexibility index (Phi) is 4.87. The van der Waals surface area contributed by atoms with E-state index < -0.39 is 17.8 Å². The molecule has 4 nitrogen and oxygen atoms in total. The van der Waals surface area contributed by atoms with E-state index in [1.54, 1.807) is 11.5 Å². The zero-order chi connectivity index (χ0) is 16.5. The van der Waals surface area contributed by atoms with E-state index in [2.05, 4.69) is 20.8 Å². The summed E-state index contributed by atoms with van der Waals surface area (Å²) in [7, 11) is 0. The van der Waals surface area contributed by atoms with Gasteiger partial charge in [0, 0.05) is 0 Å². The predicted molar refractivity (Wildman–Crippen MR) is 83.4 cm³/mol. The van der Waals surface area contributed by atoms with Crippen LogP contribution in [0.15, 0.2) is 18.2 Å². The quantitative estimate of drug-likeness (QED) is 0.391. The smallest absolute Gasteiger partial charge is 0.152 e. The van der Waals surface area contributed by atoms with Crippen LogP contribution in [0.4, 0.5) is 4.39 Å². The Morgan fingerprint density at radius 1 is 1.45 bits per heavy atom. The Morgan fingerprint density at radius 2 is 2.14 bits per heavy atom. The van der Waals surface area contributed by atoms with Gasteiger partial charge in [0.15, 0.2) is 5.84 Å². The van der Waals surface area contributed by atoms with Crippen molar-refractivity contribution >= 4 is 5.84 Å². The Morgan fingerprint density at radius 3 is 2.68 bits per heavy atom. The zero-order valence-corrected chi connectivity index (χ0v) is 13.4. The summed E-state index contributed by atoms with van der Waals surface area (Å²) in [5.41, 5.74) is 2.15. The summed E-state index contributed by atoms with van der Waals surface area (Å²) in [6, 6.07) is 4.32. The minimum Gasteiger partial charge on any atom is -0.388 e. The van der Waals surface area contributed by atoms with E-state index in [9.17, 15) is 9.50 Å². The molecule has 0 heterocycles. The molecule has 0 radical (unpaired) electrons. The number of rotatable bonds is 3. The highest BCUT2D eigenvalue weighted by Gasteiger charge is 2.41. The number of hydroxylamine groups is 1. The molecule has 0 bridgehead atoms. The summed E-state index contributed by atoms with van der Waals surface area (Å²) in [5, 5.41) is 26.9. The third-order valence-corrected chi connectivity index (χ3v) is 5.05. The molecule has 1 aliphatic carbocycles. The lowest BCUT2D eigenvalue weighted by Crippen LogP contribution is -2.38. The van der Waals surface area contributed by atoms with Crippen LogP contribution in [-0.4, -0.2) is 16.1 Å². The van der Waals surface area contributed by atoms with E-state index in [1.165, 1.54) is 12.1 Å². The Hall–Kier alpha value is -1.46. The van der Waals surface area contributed by atoms with Gasteiger partial charge in [-0.3, -0.25) is 16.1 Å². The molecule has 0 aliphatic heterocycles. The average Bonchev–Trinajstić information content (AvgIpc) is 2.45. The van der Waals surface area contributed by atoms with Gasteiger partial charge in [-0.05, 0) is 41.4 Å². The molecule has 0 aromatic heterocycles. The molecule has 4 N–H and O–H groups in total. The molecular weight excluding hydrogens is 283 g/mol. The van der Waals surface area contributed by atoms with E-state index >= 15 is 0 Å². The second-order valence-electron chi connectivity index (χ2n) is 7.05. The molecule has 2 rings (SSSR count). The first kappa shape index (κ1) is 16.9. The summed E-state index contributed by atoms with van der Waals surface area (Å²) in [5.74, 6) is -0.574. The van der Waals surface area contributed by atoms with Crippen LogP contribution in [0.2, 0.25) is 0 Å². The van der Waals surface area contributed by atoms with Gasteiger partial charge in [-0.2, -0.15) is 0 Å². The molecule has 5 heteroatoms. The van der Waals surface area contributed by atoms with Gasteiger partial charge in [-0.15, -0.1) is 0 Å². The molecule has 1 unspecified atom stereocenters. The second-order valence-corrected chi connectivity index (χ2v) is 7.05. The number of halogens is 1. The maximum atomic E-state index is 14.1. The molecule has 1 saturated carbocycles. The lowest BCUT2D eigenvalue weighted by Gasteiger charge is -2.45. The standard InChI is InChI=1S/C17H25FN2O2/c1-10-5-4-8-17(2,3)14(10)15(21)11-6-7-12(13(18)9-11)16(19)20-22/h6-7,9-10,14-15,21-22H,4-5,8H2,1-3H3,(H2,19,20)/t10-,14-,15?/m0/s1. The third kappa shape index (κ3) is 3.15. The lowest BCUT2D eigenvalue weighted by atomic mass is 9.61. The molecule has 1 aromatic carbocycles. The van der Waals surface area contributed by atoms with Crippen molar-refractivity contribution in [2.45, 2.75) is 46.1 Å². The summed E-state index contributed by atoms with van der Waals surface area (Å²) in [6.45, 7) is 6.46.